The van der Waals surface area contributed by atoms with Gasteiger partial charge < -0.3 is 135 Å². The summed E-state index contributed by atoms with van der Waals surface area (Å²) in [6.07, 6.45) is -44.3. The summed E-state index contributed by atoms with van der Waals surface area (Å²) >= 11 is 0. The number of hydrogen-bond donors (Lipinski definition) is 17. The zero-order chi connectivity index (χ0) is 44.2. The second-order valence-corrected chi connectivity index (χ2v) is 14.9. The zero-order valence-corrected chi connectivity index (χ0v) is 31.9. The van der Waals surface area contributed by atoms with E-state index in [2.05, 4.69) is 0 Å². The average molecular weight is 886 g/mol. The summed E-state index contributed by atoms with van der Waals surface area (Å²) in [6.45, 7) is -4.10. The fraction of sp³-hybridized carbons (Fsp3) is 1.00. The lowest BCUT2D eigenvalue weighted by atomic mass is 9.95. The third kappa shape index (κ3) is 10.5. The van der Waals surface area contributed by atoms with Crippen LogP contribution >= 0.6 is 0 Å². The van der Waals surface area contributed by atoms with Gasteiger partial charge in [0.15, 0.2) is 31.5 Å². The molecule has 0 aromatic heterocycles. The number of rotatable bonds is 17. The molecule has 5 fully saturated rings. The van der Waals surface area contributed by atoms with Crippen molar-refractivity contribution in [3.05, 3.63) is 0 Å². The molecule has 60 heavy (non-hydrogen) atoms. The zero-order valence-electron chi connectivity index (χ0n) is 31.9. The molecule has 27 nitrogen and oxygen atoms in total. The van der Waals surface area contributed by atoms with Gasteiger partial charge in [-0.05, 0) is 13.0 Å². The van der Waals surface area contributed by atoms with E-state index in [1.165, 1.54) is 0 Å². The third-order valence-corrected chi connectivity index (χ3v) is 10.9. The summed E-state index contributed by atoms with van der Waals surface area (Å²) in [5.74, 6) is 0. The summed E-state index contributed by atoms with van der Waals surface area (Å²) in [6, 6.07) is 0. The molecule has 5 aliphatic heterocycles. The van der Waals surface area contributed by atoms with Crippen LogP contribution in [0.25, 0.3) is 0 Å². The van der Waals surface area contributed by atoms with Gasteiger partial charge in [-0.15, -0.1) is 0 Å². The molecule has 5 saturated heterocycles. The number of aliphatic hydroxyl groups excluding tert-OH is 16. The first-order valence-corrected chi connectivity index (χ1v) is 19.3. The van der Waals surface area contributed by atoms with E-state index in [0.29, 0.717) is 6.42 Å². The van der Waals surface area contributed by atoms with E-state index >= 15 is 0 Å². The molecular weight excluding hydrogens is 826 g/mol. The predicted molar refractivity (Wildman–Crippen MR) is 184 cm³/mol. The Morgan fingerprint density at radius 1 is 0.333 bits per heavy atom. The van der Waals surface area contributed by atoms with Gasteiger partial charge in [0.25, 0.3) is 0 Å². The fourth-order valence-corrected chi connectivity index (χ4v) is 7.44. The lowest BCUT2D eigenvalue weighted by molar-refractivity contribution is -0.393. The molecule has 0 aromatic rings. The minimum Gasteiger partial charge on any atom is -0.394 e. The summed E-state index contributed by atoms with van der Waals surface area (Å²) in [4.78, 5) is 0. The Bertz CT molecular complexity index is 1270. The Morgan fingerprint density at radius 3 is 0.900 bits per heavy atom. The Balaban J connectivity index is 1.21. The van der Waals surface area contributed by atoms with Crippen LogP contribution in [0.15, 0.2) is 0 Å². The van der Waals surface area contributed by atoms with E-state index in [0.717, 1.165) is 0 Å². The predicted octanol–water partition coefficient (Wildman–Crippen LogP) is -11.6. The Kier molecular flexibility index (Phi) is 18.5. The molecular formula is C33H59NO26. The van der Waals surface area contributed by atoms with E-state index in [9.17, 15) is 81.7 Å². The molecule has 0 spiro atoms. The van der Waals surface area contributed by atoms with Crippen LogP contribution in [0.3, 0.4) is 0 Å². The molecule has 0 saturated carbocycles. The second kappa shape index (κ2) is 22.2. The van der Waals surface area contributed by atoms with Crippen LogP contribution in [0, 0.1) is 0 Å². The van der Waals surface area contributed by atoms with Crippen LogP contribution in [0.4, 0.5) is 0 Å². The van der Waals surface area contributed by atoms with Gasteiger partial charge in [0, 0.05) is 0 Å². The first-order valence-electron chi connectivity index (χ1n) is 19.3. The maximum absolute atomic E-state index is 11.1. The van der Waals surface area contributed by atoms with Gasteiger partial charge in [0.1, 0.15) is 122 Å². The number of nitrogens with two attached hydrogens (primary N) is 1. The van der Waals surface area contributed by atoms with E-state index in [4.69, 9.17) is 53.1 Å². The van der Waals surface area contributed by atoms with Gasteiger partial charge in [0.05, 0.1) is 39.6 Å². The van der Waals surface area contributed by atoms with Crippen LogP contribution in [0.5, 0.6) is 0 Å². The van der Waals surface area contributed by atoms with Crippen molar-refractivity contribution in [1.29, 1.82) is 0 Å². The van der Waals surface area contributed by atoms with Gasteiger partial charge in [-0.2, -0.15) is 0 Å². The van der Waals surface area contributed by atoms with E-state index in [1.807, 2.05) is 0 Å². The minimum absolute atomic E-state index is 0.0525. The SMILES string of the molecule is NCCCO[C@H]1OC(CO)[C@H](O[C@H]2OC(CO)[C@@H](O[C@@H]3OC(CO)[C@@H](O[C@H]4OC(CO)[C@H](O[C@H]5OC(CO)[C@@H](O)C(O)C5O)C(O)C4O)C(O)C3O)C(O)C2O)C(O)C1O. The van der Waals surface area contributed by atoms with Crippen LogP contribution in [0.1, 0.15) is 6.42 Å². The second-order valence-electron chi connectivity index (χ2n) is 14.9. The monoisotopic (exact) mass is 885 g/mol. The molecule has 0 aromatic carbocycles. The van der Waals surface area contributed by atoms with Crippen molar-refractivity contribution in [2.45, 2.75) is 160 Å². The van der Waals surface area contributed by atoms with Gasteiger partial charge in [-0.3, -0.25) is 0 Å². The first-order chi connectivity index (χ1) is 28.6. The normalized spacial score (nSPS) is 50.5. The molecule has 0 radical (unpaired) electrons. The van der Waals surface area contributed by atoms with Gasteiger partial charge in [0.2, 0.25) is 0 Å². The molecule has 18 N–H and O–H groups in total. The highest BCUT2D eigenvalue weighted by molar-refractivity contribution is 4.99. The van der Waals surface area contributed by atoms with Gasteiger partial charge >= 0.3 is 0 Å². The molecule has 25 atom stereocenters. The molecule has 0 aliphatic carbocycles. The van der Waals surface area contributed by atoms with Crippen LogP contribution < -0.4 is 5.73 Å². The van der Waals surface area contributed by atoms with Crippen molar-refractivity contribution in [2.75, 3.05) is 46.2 Å². The highest BCUT2D eigenvalue weighted by atomic mass is 16.8. The summed E-state index contributed by atoms with van der Waals surface area (Å²) in [7, 11) is 0. The van der Waals surface area contributed by atoms with Crippen LogP contribution in [-0.4, -0.2) is 281 Å². The van der Waals surface area contributed by atoms with Gasteiger partial charge in [-0.1, -0.05) is 0 Å². The van der Waals surface area contributed by atoms with Crippen molar-refractivity contribution >= 4 is 0 Å². The molecule has 0 amide bonds. The quantitative estimate of drug-likeness (QED) is 0.0603. The van der Waals surface area contributed by atoms with Crippen molar-refractivity contribution in [1.82, 2.24) is 0 Å². The molecule has 5 aliphatic rings. The van der Waals surface area contributed by atoms with Crippen molar-refractivity contribution in [2.24, 2.45) is 5.73 Å². The molecule has 27 heteroatoms. The molecule has 352 valence electrons. The first kappa shape index (κ1) is 49.9. The average Bonchev–Trinajstić information content (AvgIpc) is 3.24. The fourth-order valence-electron chi connectivity index (χ4n) is 7.44. The molecule has 5 heterocycles. The highest BCUT2D eigenvalue weighted by Gasteiger charge is 2.56. The number of aliphatic hydroxyl groups is 16. The Labute approximate surface area is 341 Å². The molecule has 5 rings (SSSR count). The van der Waals surface area contributed by atoms with Crippen molar-refractivity contribution in [3.8, 4) is 0 Å². The number of hydrogen-bond acceptors (Lipinski definition) is 27. The lowest BCUT2D eigenvalue weighted by Gasteiger charge is -2.49. The standard InChI is InChI=1S/C33H59NO26/c34-2-1-3-51-29-21(47)16(42)25(10(5-36)53-29)58-31-23(49)18(44)27(12(7-38)55-31)60-33-24(50)19(45)28(13(8-39)56-33)59-32-22(48)17(43)26(11(6-37)54-32)57-30-20(46)15(41)14(40)9(4-35)52-30/h9-33,35-50H,1-8,34H2/t9?,10?,11?,12?,13?,14-,15?,16?,17?,18?,19?,20?,21?,22?,23?,24?,25+,26+,27-,28-,29+,30-,31-,32-,33+/m1/s1. The third-order valence-electron chi connectivity index (χ3n) is 10.9. The van der Waals surface area contributed by atoms with Crippen molar-refractivity contribution < 1.29 is 129 Å². The minimum atomic E-state index is -2.11. The van der Waals surface area contributed by atoms with E-state index in [-0.39, 0.29) is 13.2 Å². The van der Waals surface area contributed by atoms with Crippen LogP contribution in [0.2, 0.25) is 0 Å². The maximum atomic E-state index is 11.1. The highest BCUT2D eigenvalue weighted by Crippen LogP contribution is 2.35. The maximum Gasteiger partial charge on any atom is 0.187 e. The van der Waals surface area contributed by atoms with Gasteiger partial charge in [-0.25, -0.2) is 0 Å². The van der Waals surface area contributed by atoms with E-state index in [1.54, 1.807) is 0 Å². The van der Waals surface area contributed by atoms with Crippen molar-refractivity contribution in [3.63, 3.8) is 0 Å². The largest absolute Gasteiger partial charge is 0.394 e. The smallest absolute Gasteiger partial charge is 0.187 e. The molecule has 0 bridgehead atoms. The summed E-state index contributed by atoms with van der Waals surface area (Å²) in [5, 5.41) is 168. The van der Waals surface area contributed by atoms with Crippen LogP contribution in [-0.2, 0) is 47.4 Å². The lowest BCUT2D eigenvalue weighted by Crippen LogP contribution is -2.68. The Hall–Kier alpha value is -1.08. The number of ether oxygens (including phenoxy) is 10. The molecule has 15 unspecified atom stereocenters. The summed E-state index contributed by atoms with van der Waals surface area (Å²) < 4.78 is 55.4. The summed E-state index contributed by atoms with van der Waals surface area (Å²) in [5.41, 5.74) is 5.44. The van der Waals surface area contributed by atoms with E-state index < -0.39 is 187 Å². The topological polar surface area (TPSA) is 442 Å². The Morgan fingerprint density at radius 2 is 0.600 bits per heavy atom.